The zero-order valence-electron chi connectivity index (χ0n) is 10.2. The smallest absolute Gasteiger partial charge is 0.241 e. The molecular formula is C14H20N2O. The van der Waals surface area contributed by atoms with E-state index in [1.165, 1.54) is 38.5 Å². The summed E-state index contributed by atoms with van der Waals surface area (Å²) in [6, 6.07) is 1.35. The Balaban J connectivity index is 1.58. The van der Waals surface area contributed by atoms with Crippen molar-refractivity contribution in [1.82, 2.24) is 10.0 Å². The van der Waals surface area contributed by atoms with E-state index in [1.807, 2.05) is 0 Å². The number of hydrogen-bond donors (Lipinski definition) is 0. The van der Waals surface area contributed by atoms with Crippen molar-refractivity contribution in [3.8, 4) is 0 Å². The van der Waals surface area contributed by atoms with Crippen LogP contribution in [0.25, 0.3) is 0 Å². The van der Waals surface area contributed by atoms with Crippen LogP contribution in [0.2, 0.25) is 0 Å². The van der Waals surface area contributed by atoms with E-state index < -0.39 is 0 Å². The van der Waals surface area contributed by atoms with Crippen LogP contribution >= 0.6 is 0 Å². The highest BCUT2D eigenvalue weighted by Crippen LogP contribution is 2.57. The number of carbonyl (C=O) groups excluding carboxylic acids is 1. The Morgan fingerprint density at radius 3 is 2.82 bits per heavy atom. The molecule has 0 aromatic heterocycles. The number of carbonyl (C=O) groups is 1. The Labute approximate surface area is 102 Å². The van der Waals surface area contributed by atoms with Crippen molar-refractivity contribution in [2.24, 2.45) is 23.7 Å². The van der Waals surface area contributed by atoms with Crippen molar-refractivity contribution in [2.45, 2.75) is 50.6 Å². The maximum absolute atomic E-state index is 12.6. The predicted molar refractivity (Wildman–Crippen MR) is 62.8 cm³/mol. The first-order chi connectivity index (χ1) is 8.34. The Bertz CT molecular complexity index is 396. The molecule has 0 N–H and O–H groups in total. The summed E-state index contributed by atoms with van der Waals surface area (Å²) in [7, 11) is 0. The van der Waals surface area contributed by atoms with Crippen molar-refractivity contribution in [3.05, 3.63) is 0 Å². The number of nitrogens with zero attached hydrogens (tertiary/aromatic N) is 2. The molecule has 2 aliphatic heterocycles. The monoisotopic (exact) mass is 232 g/mol. The summed E-state index contributed by atoms with van der Waals surface area (Å²) in [5.41, 5.74) is 0. The molecule has 6 atom stereocenters. The van der Waals surface area contributed by atoms with Gasteiger partial charge in [-0.2, -0.15) is 0 Å². The van der Waals surface area contributed by atoms with Gasteiger partial charge in [-0.05, 0) is 49.9 Å². The van der Waals surface area contributed by atoms with E-state index in [0.29, 0.717) is 17.9 Å². The third-order valence-electron chi connectivity index (χ3n) is 6.36. The van der Waals surface area contributed by atoms with Gasteiger partial charge in [0.15, 0.2) is 0 Å². The minimum atomic E-state index is 0.398. The Kier molecular flexibility index (Phi) is 1.58. The van der Waals surface area contributed by atoms with Crippen LogP contribution in [0, 0.1) is 23.7 Å². The molecule has 0 aromatic rings. The predicted octanol–water partition coefficient (Wildman–Crippen LogP) is 1.64. The fraction of sp³-hybridized carbons (Fsp3) is 0.929. The van der Waals surface area contributed by atoms with E-state index in [2.05, 4.69) is 10.0 Å². The van der Waals surface area contributed by atoms with Gasteiger partial charge >= 0.3 is 0 Å². The molecule has 5 aliphatic rings. The molecular weight excluding hydrogens is 212 g/mol. The second-order valence-electron chi connectivity index (χ2n) is 6.91. The van der Waals surface area contributed by atoms with Crippen LogP contribution in [0.3, 0.4) is 0 Å². The van der Waals surface area contributed by atoms with Crippen LogP contribution in [0.4, 0.5) is 0 Å². The van der Waals surface area contributed by atoms with Gasteiger partial charge in [0.25, 0.3) is 0 Å². The topological polar surface area (TPSA) is 23.6 Å². The quantitative estimate of drug-likeness (QED) is 0.634. The molecule has 0 unspecified atom stereocenters. The lowest BCUT2D eigenvalue weighted by molar-refractivity contribution is -0.139. The van der Waals surface area contributed by atoms with Crippen LogP contribution in [0.1, 0.15) is 38.5 Å². The average molecular weight is 232 g/mol. The standard InChI is InChI=1S/C14H20N2O/c17-14-12-8-4-5-9(6-8)13(12)16-11-3-1-2-10(11)7-15(14)16/h8-13H,1-7H2/t8-,9+,10+,11+,12+,13-/m0/s1. The van der Waals surface area contributed by atoms with E-state index in [-0.39, 0.29) is 0 Å². The van der Waals surface area contributed by atoms with Gasteiger partial charge in [0.05, 0.1) is 5.92 Å². The molecule has 2 saturated heterocycles. The van der Waals surface area contributed by atoms with Crippen LogP contribution in [0.15, 0.2) is 0 Å². The summed E-state index contributed by atoms with van der Waals surface area (Å²) in [5.74, 6) is 3.28. The van der Waals surface area contributed by atoms with Gasteiger partial charge < -0.3 is 0 Å². The lowest BCUT2D eigenvalue weighted by Gasteiger charge is -2.33. The first kappa shape index (κ1) is 9.37. The van der Waals surface area contributed by atoms with Crippen LogP contribution < -0.4 is 0 Å². The number of rotatable bonds is 0. The van der Waals surface area contributed by atoms with Gasteiger partial charge in [-0.15, -0.1) is 0 Å². The molecule has 3 saturated carbocycles. The summed E-state index contributed by atoms with van der Waals surface area (Å²) < 4.78 is 0. The van der Waals surface area contributed by atoms with E-state index in [1.54, 1.807) is 0 Å². The number of fused-ring (bicyclic) bond motifs is 9. The van der Waals surface area contributed by atoms with Gasteiger partial charge in [0.2, 0.25) is 5.91 Å². The molecule has 1 amide bonds. The van der Waals surface area contributed by atoms with E-state index in [9.17, 15) is 4.79 Å². The third-order valence-corrected chi connectivity index (χ3v) is 6.36. The molecule has 5 rings (SSSR count). The van der Waals surface area contributed by atoms with Gasteiger partial charge in [-0.25, -0.2) is 5.01 Å². The van der Waals surface area contributed by atoms with Gasteiger partial charge in [0.1, 0.15) is 0 Å². The molecule has 17 heavy (non-hydrogen) atoms. The lowest BCUT2D eigenvalue weighted by Crippen LogP contribution is -2.44. The Hall–Kier alpha value is -0.570. The molecule has 0 spiro atoms. The lowest BCUT2D eigenvalue weighted by atomic mass is 9.84. The van der Waals surface area contributed by atoms with Gasteiger partial charge in [0, 0.05) is 18.6 Å². The molecule has 3 heteroatoms. The minimum absolute atomic E-state index is 0.398. The number of amides is 1. The molecule has 2 heterocycles. The van der Waals surface area contributed by atoms with Crippen LogP contribution in [0.5, 0.6) is 0 Å². The van der Waals surface area contributed by atoms with Crippen molar-refractivity contribution in [2.75, 3.05) is 6.54 Å². The molecule has 3 aliphatic carbocycles. The molecule has 92 valence electrons. The number of hydrogen-bond acceptors (Lipinski definition) is 2. The summed E-state index contributed by atoms with van der Waals surface area (Å²) in [5, 5.41) is 4.75. The fourth-order valence-electron chi connectivity index (χ4n) is 5.82. The van der Waals surface area contributed by atoms with Crippen molar-refractivity contribution >= 4 is 5.91 Å². The number of hydrazine groups is 1. The molecule has 2 bridgehead atoms. The summed E-state index contributed by atoms with van der Waals surface area (Å²) in [6.45, 7) is 1.05. The van der Waals surface area contributed by atoms with Gasteiger partial charge in [-0.3, -0.25) is 9.80 Å². The summed E-state index contributed by atoms with van der Waals surface area (Å²) in [4.78, 5) is 12.6. The summed E-state index contributed by atoms with van der Waals surface area (Å²) >= 11 is 0. The normalized spacial score (nSPS) is 55.5. The highest BCUT2D eigenvalue weighted by molar-refractivity contribution is 5.83. The fourth-order valence-corrected chi connectivity index (χ4v) is 5.82. The van der Waals surface area contributed by atoms with Crippen molar-refractivity contribution in [3.63, 3.8) is 0 Å². The van der Waals surface area contributed by atoms with Crippen LogP contribution in [-0.4, -0.2) is 34.6 Å². The third kappa shape index (κ3) is 0.939. The summed E-state index contributed by atoms with van der Waals surface area (Å²) in [6.07, 6.45) is 8.15. The zero-order valence-corrected chi connectivity index (χ0v) is 10.2. The first-order valence-electron chi connectivity index (χ1n) is 7.44. The SMILES string of the molecule is O=C1[C@@H]2[C@H]3CC[C@H](C3)[C@@H]2N2[C@@H]3CCC[C@@H]3CN12. The van der Waals surface area contributed by atoms with Crippen molar-refractivity contribution < 1.29 is 4.79 Å². The van der Waals surface area contributed by atoms with E-state index in [4.69, 9.17) is 0 Å². The molecule has 3 nitrogen and oxygen atoms in total. The van der Waals surface area contributed by atoms with Crippen LogP contribution in [-0.2, 0) is 4.79 Å². The molecule has 0 aromatic carbocycles. The second-order valence-corrected chi connectivity index (χ2v) is 6.91. The highest BCUT2D eigenvalue weighted by Gasteiger charge is 2.64. The minimum Gasteiger partial charge on any atom is -0.274 e. The molecule has 0 radical (unpaired) electrons. The second kappa shape index (κ2) is 2.87. The van der Waals surface area contributed by atoms with Crippen molar-refractivity contribution in [1.29, 1.82) is 0 Å². The maximum Gasteiger partial charge on any atom is 0.241 e. The maximum atomic E-state index is 12.6. The molecule has 5 fully saturated rings. The van der Waals surface area contributed by atoms with Gasteiger partial charge in [-0.1, -0.05) is 6.42 Å². The average Bonchev–Trinajstić information content (AvgIpc) is 3.04. The van der Waals surface area contributed by atoms with E-state index >= 15 is 0 Å². The Morgan fingerprint density at radius 2 is 1.88 bits per heavy atom. The van der Waals surface area contributed by atoms with E-state index in [0.717, 1.165) is 30.3 Å². The first-order valence-corrected chi connectivity index (χ1v) is 7.44. The Morgan fingerprint density at radius 1 is 1.00 bits per heavy atom. The highest BCUT2D eigenvalue weighted by atomic mass is 16.2. The zero-order chi connectivity index (χ0) is 11.1. The largest absolute Gasteiger partial charge is 0.274 e.